The minimum absolute atomic E-state index is 0.0300. The smallest absolute Gasteiger partial charge is 0.355 e. The number of nitrogens with zero attached hydrogens (tertiary/aromatic N) is 2. The molecular formula is C30H37N3O8. The predicted octanol–water partition coefficient (Wildman–Crippen LogP) is 3.23. The molecule has 0 aliphatic carbocycles. The van der Waals surface area contributed by atoms with Crippen LogP contribution in [0.25, 0.3) is 0 Å². The van der Waals surface area contributed by atoms with Crippen molar-refractivity contribution in [2.24, 2.45) is 11.8 Å². The molecule has 11 heteroatoms. The second kappa shape index (κ2) is 14.4. The number of nitrogens with one attached hydrogen (secondary N) is 1. The number of allylic oxidation sites excluding steroid dienone is 2. The molecule has 1 N–H and O–H groups in total. The predicted molar refractivity (Wildman–Crippen MR) is 148 cm³/mol. The van der Waals surface area contributed by atoms with Crippen molar-refractivity contribution in [3.63, 3.8) is 0 Å². The second-order valence-corrected chi connectivity index (χ2v) is 10.4. The number of carbonyl (C=O) groups is 5. The van der Waals surface area contributed by atoms with E-state index in [9.17, 15) is 24.0 Å². The zero-order chi connectivity index (χ0) is 30.1. The van der Waals surface area contributed by atoms with E-state index in [1.54, 1.807) is 37.3 Å². The van der Waals surface area contributed by atoms with Crippen LogP contribution in [0.5, 0.6) is 0 Å². The lowest BCUT2D eigenvalue weighted by Crippen LogP contribution is -2.36. The van der Waals surface area contributed by atoms with Gasteiger partial charge in [-0.1, -0.05) is 50.6 Å². The summed E-state index contributed by atoms with van der Waals surface area (Å²) in [7, 11) is 0. The van der Waals surface area contributed by atoms with Gasteiger partial charge in [-0.05, 0) is 31.4 Å². The Morgan fingerprint density at radius 2 is 1.95 bits per heavy atom. The fourth-order valence-corrected chi connectivity index (χ4v) is 4.60. The molecule has 2 aliphatic rings. The number of esters is 2. The monoisotopic (exact) mass is 567 g/mol. The zero-order valence-electron chi connectivity index (χ0n) is 24.0. The van der Waals surface area contributed by atoms with Crippen LogP contribution in [0.15, 0.2) is 58.4 Å². The molecule has 220 valence electrons. The first-order valence-electron chi connectivity index (χ1n) is 13.6. The van der Waals surface area contributed by atoms with Crippen molar-refractivity contribution in [1.82, 2.24) is 15.2 Å². The Bertz CT molecular complexity index is 1290. The highest BCUT2D eigenvalue weighted by molar-refractivity contribution is 6.00. The average Bonchev–Trinajstić information content (AvgIpc) is 3.57. The standard InChI is InChI=1S/C30H37N3O8/c1-18(2)28-20(4)10-11-26(36)31-12-6-8-19(3)14-23(40-21(5)34)15-22(35)16-27-32-24(17-39-27)29(37)33-13-7-9-25(33)30(38)41-28/h6,8-11,14,17-18,20,23,28H,7,12-13,15-16H2,1-5H3,(H,31,36)/b8-6+,11-10+,19-14+/t20-,23-,28-/m1/s1. The summed E-state index contributed by atoms with van der Waals surface area (Å²) in [6.07, 6.45) is 9.73. The maximum atomic E-state index is 13.2. The van der Waals surface area contributed by atoms with Crippen LogP contribution in [0.3, 0.4) is 0 Å². The van der Waals surface area contributed by atoms with Gasteiger partial charge in [0, 0.05) is 32.4 Å². The number of fused-ring (bicyclic) bond motifs is 3. The van der Waals surface area contributed by atoms with Crippen molar-refractivity contribution in [2.45, 2.75) is 66.1 Å². The summed E-state index contributed by atoms with van der Waals surface area (Å²) in [6, 6.07) is 0. The van der Waals surface area contributed by atoms with Crippen molar-refractivity contribution < 1.29 is 37.9 Å². The molecule has 2 bridgehead atoms. The molecule has 0 saturated carbocycles. The third kappa shape index (κ3) is 9.12. The lowest BCUT2D eigenvalue weighted by molar-refractivity contribution is -0.150. The summed E-state index contributed by atoms with van der Waals surface area (Å²) in [4.78, 5) is 68.6. The second-order valence-electron chi connectivity index (χ2n) is 10.4. The number of aromatic nitrogens is 1. The maximum absolute atomic E-state index is 13.2. The van der Waals surface area contributed by atoms with Gasteiger partial charge in [-0.25, -0.2) is 9.78 Å². The number of Topliss-reactive ketones (excluding diaryl/α,β-unsaturated/α-hetero) is 1. The van der Waals surface area contributed by atoms with E-state index in [0.29, 0.717) is 6.42 Å². The van der Waals surface area contributed by atoms with Crippen molar-refractivity contribution in [1.29, 1.82) is 0 Å². The van der Waals surface area contributed by atoms with Gasteiger partial charge in [0.2, 0.25) is 11.8 Å². The molecular weight excluding hydrogens is 530 g/mol. The molecule has 3 atom stereocenters. The van der Waals surface area contributed by atoms with Crippen molar-refractivity contribution >= 4 is 29.5 Å². The van der Waals surface area contributed by atoms with Crippen molar-refractivity contribution in [2.75, 3.05) is 13.1 Å². The van der Waals surface area contributed by atoms with Crippen LogP contribution in [0.4, 0.5) is 0 Å². The summed E-state index contributed by atoms with van der Waals surface area (Å²) in [5.74, 6) is -2.71. The molecule has 0 unspecified atom stereocenters. The lowest BCUT2D eigenvalue weighted by atomic mass is 9.94. The first-order chi connectivity index (χ1) is 19.4. The minimum atomic E-state index is -0.821. The molecule has 0 fully saturated rings. The molecule has 11 nitrogen and oxygen atoms in total. The van der Waals surface area contributed by atoms with E-state index in [0.717, 1.165) is 11.8 Å². The number of hydrogen-bond acceptors (Lipinski definition) is 9. The van der Waals surface area contributed by atoms with Gasteiger partial charge in [-0.15, -0.1) is 0 Å². The maximum Gasteiger partial charge on any atom is 0.355 e. The highest BCUT2D eigenvalue weighted by Gasteiger charge is 2.33. The lowest BCUT2D eigenvalue weighted by Gasteiger charge is -2.27. The third-order valence-electron chi connectivity index (χ3n) is 6.49. The Labute approximate surface area is 239 Å². The molecule has 3 rings (SSSR count). The van der Waals surface area contributed by atoms with Gasteiger partial charge in [0.1, 0.15) is 30.0 Å². The van der Waals surface area contributed by atoms with Gasteiger partial charge in [-0.2, -0.15) is 0 Å². The third-order valence-corrected chi connectivity index (χ3v) is 6.49. The SMILES string of the molecule is CC(=O)O[C@@H]1/C=C(C)/C=C/CNC(=O)/C=C/[C@@H](C)[C@@H](C(C)C)OC(=O)C2=CCCN2C(=O)c2coc(n2)CC(=O)C1. The molecule has 0 radical (unpaired) electrons. The van der Waals surface area contributed by atoms with E-state index < -0.39 is 30.1 Å². The Kier molecular flexibility index (Phi) is 11.0. The van der Waals surface area contributed by atoms with Crippen molar-refractivity contribution in [3.05, 3.63) is 65.6 Å². The van der Waals surface area contributed by atoms with Gasteiger partial charge in [-0.3, -0.25) is 19.2 Å². The van der Waals surface area contributed by atoms with E-state index >= 15 is 0 Å². The number of carbonyl (C=O) groups excluding carboxylic acids is 5. The Morgan fingerprint density at radius 1 is 1.20 bits per heavy atom. The molecule has 2 aliphatic heterocycles. The fraction of sp³-hybridized carbons (Fsp3) is 0.467. The summed E-state index contributed by atoms with van der Waals surface area (Å²) in [5.41, 5.74) is 0.777. The number of ketones is 1. The van der Waals surface area contributed by atoms with Crippen LogP contribution in [-0.4, -0.2) is 64.7 Å². The molecule has 1 aromatic rings. The number of amides is 2. The number of cyclic esters (lactones) is 1. The number of hydrogen-bond donors (Lipinski definition) is 1. The van der Waals surface area contributed by atoms with Gasteiger partial charge in [0.15, 0.2) is 5.69 Å². The van der Waals surface area contributed by atoms with Crippen LogP contribution in [0.2, 0.25) is 0 Å². The van der Waals surface area contributed by atoms with E-state index in [2.05, 4.69) is 10.3 Å². The Balaban J connectivity index is 1.90. The Morgan fingerprint density at radius 3 is 2.66 bits per heavy atom. The molecule has 3 heterocycles. The summed E-state index contributed by atoms with van der Waals surface area (Å²) < 4.78 is 16.5. The normalized spacial score (nSPS) is 26.3. The van der Waals surface area contributed by atoms with E-state index in [-0.39, 0.29) is 66.7 Å². The van der Waals surface area contributed by atoms with Crippen LogP contribution in [0.1, 0.15) is 63.8 Å². The van der Waals surface area contributed by atoms with E-state index in [4.69, 9.17) is 13.9 Å². The molecule has 1 aromatic heterocycles. The van der Waals surface area contributed by atoms with Crippen LogP contribution >= 0.6 is 0 Å². The molecule has 2 amide bonds. The first kappa shape index (κ1) is 31.3. The topological polar surface area (TPSA) is 145 Å². The van der Waals surface area contributed by atoms with Crippen LogP contribution < -0.4 is 5.32 Å². The average molecular weight is 568 g/mol. The molecule has 0 aromatic carbocycles. The van der Waals surface area contributed by atoms with Gasteiger partial charge >= 0.3 is 11.9 Å². The number of ether oxygens (including phenoxy) is 2. The first-order valence-corrected chi connectivity index (χ1v) is 13.6. The van der Waals surface area contributed by atoms with E-state index in [1.165, 1.54) is 17.9 Å². The van der Waals surface area contributed by atoms with Gasteiger partial charge < -0.3 is 24.1 Å². The van der Waals surface area contributed by atoms with Gasteiger partial charge in [0.25, 0.3) is 5.91 Å². The molecule has 41 heavy (non-hydrogen) atoms. The zero-order valence-corrected chi connectivity index (χ0v) is 24.0. The molecule has 0 saturated heterocycles. The summed E-state index contributed by atoms with van der Waals surface area (Å²) in [6.45, 7) is 9.20. The summed E-state index contributed by atoms with van der Waals surface area (Å²) >= 11 is 0. The van der Waals surface area contributed by atoms with Gasteiger partial charge in [0.05, 0.1) is 6.42 Å². The number of oxazole rings is 1. The van der Waals surface area contributed by atoms with Crippen LogP contribution in [-0.2, 0) is 35.1 Å². The van der Waals surface area contributed by atoms with Crippen molar-refractivity contribution in [3.8, 4) is 0 Å². The Hall–Kier alpha value is -4.28. The molecule has 0 spiro atoms. The number of rotatable bonds is 2. The highest BCUT2D eigenvalue weighted by Crippen LogP contribution is 2.24. The largest absolute Gasteiger partial charge is 0.458 e. The minimum Gasteiger partial charge on any atom is -0.458 e. The van der Waals surface area contributed by atoms with E-state index in [1.807, 2.05) is 20.8 Å². The quantitative estimate of drug-likeness (QED) is 0.532. The summed E-state index contributed by atoms with van der Waals surface area (Å²) in [5, 5.41) is 2.75. The highest BCUT2D eigenvalue weighted by atomic mass is 16.5. The van der Waals surface area contributed by atoms with Crippen LogP contribution in [0, 0.1) is 11.8 Å². The fourth-order valence-electron chi connectivity index (χ4n) is 4.60.